The number of carbonyl (C=O) groups excluding carboxylic acids is 4. The molecule has 1 heterocycles. The highest BCUT2D eigenvalue weighted by atomic mass is 16.2. The maximum atomic E-state index is 12.2. The van der Waals surface area contributed by atoms with Gasteiger partial charge >= 0.3 is 17.8 Å². The summed E-state index contributed by atoms with van der Waals surface area (Å²) in [6.07, 6.45) is 0. The summed E-state index contributed by atoms with van der Waals surface area (Å²) in [5.41, 5.74) is 2.24. The summed E-state index contributed by atoms with van der Waals surface area (Å²) in [6.45, 7) is 4.99. The second-order valence-corrected chi connectivity index (χ2v) is 4.96. The van der Waals surface area contributed by atoms with Crippen LogP contribution in [0.15, 0.2) is 18.2 Å². The predicted octanol–water partition coefficient (Wildman–Crippen LogP) is 1.30. The highest BCUT2D eigenvalue weighted by molar-refractivity contribution is 6.45. The van der Waals surface area contributed by atoms with Crippen LogP contribution in [0.3, 0.4) is 0 Å². The standard InChI is InChI=1S/C15H16N2O4/c1-4-16-13(19)14(20)17(15(16)21)8-12(18)11-6-5-9(2)7-10(11)3/h5-7H,4,8H2,1-3H3. The van der Waals surface area contributed by atoms with Crippen molar-refractivity contribution in [3.63, 3.8) is 0 Å². The lowest BCUT2D eigenvalue weighted by Crippen LogP contribution is -2.37. The number of likely N-dealkylation sites (N-methyl/N-ethyl adjacent to an activating group) is 1. The van der Waals surface area contributed by atoms with E-state index in [0.29, 0.717) is 10.5 Å². The van der Waals surface area contributed by atoms with Crippen LogP contribution < -0.4 is 0 Å². The van der Waals surface area contributed by atoms with Gasteiger partial charge in [-0.3, -0.25) is 19.3 Å². The number of hydrogen-bond donors (Lipinski definition) is 0. The summed E-state index contributed by atoms with van der Waals surface area (Å²) in [5.74, 6) is -2.18. The third kappa shape index (κ3) is 2.56. The van der Waals surface area contributed by atoms with Gasteiger partial charge in [0.15, 0.2) is 5.78 Å². The maximum absolute atomic E-state index is 12.2. The van der Waals surface area contributed by atoms with Crippen LogP contribution in [-0.2, 0) is 9.59 Å². The molecule has 4 amide bonds. The Morgan fingerprint density at radius 1 is 1.05 bits per heavy atom. The zero-order chi connectivity index (χ0) is 15.7. The average molecular weight is 288 g/mol. The van der Waals surface area contributed by atoms with E-state index in [9.17, 15) is 19.2 Å². The molecular formula is C15H16N2O4. The molecule has 0 unspecified atom stereocenters. The molecule has 0 N–H and O–H groups in total. The molecule has 1 aliphatic rings. The van der Waals surface area contributed by atoms with Gasteiger partial charge in [-0.2, -0.15) is 0 Å². The number of imide groups is 2. The highest BCUT2D eigenvalue weighted by Gasteiger charge is 2.44. The number of carbonyl (C=O) groups is 4. The van der Waals surface area contributed by atoms with Crippen molar-refractivity contribution in [2.24, 2.45) is 0 Å². The zero-order valence-electron chi connectivity index (χ0n) is 12.2. The van der Waals surface area contributed by atoms with E-state index in [1.807, 2.05) is 13.0 Å². The van der Waals surface area contributed by atoms with Crippen LogP contribution in [0.1, 0.15) is 28.4 Å². The molecule has 1 saturated heterocycles. The van der Waals surface area contributed by atoms with Gasteiger partial charge in [-0.1, -0.05) is 23.8 Å². The van der Waals surface area contributed by atoms with Crippen LogP contribution in [0.2, 0.25) is 0 Å². The molecule has 110 valence electrons. The fourth-order valence-corrected chi connectivity index (χ4v) is 2.32. The van der Waals surface area contributed by atoms with Gasteiger partial charge in [-0.25, -0.2) is 9.69 Å². The molecule has 0 radical (unpaired) electrons. The Kier molecular flexibility index (Phi) is 3.88. The van der Waals surface area contributed by atoms with E-state index in [2.05, 4.69) is 0 Å². The Morgan fingerprint density at radius 3 is 2.19 bits per heavy atom. The molecule has 1 aliphatic heterocycles. The molecule has 1 fully saturated rings. The Bertz CT molecular complexity index is 651. The van der Waals surface area contributed by atoms with Crippen LogP contribution in [0.5, 0.6) is 0 Å². The van der Waals surface area contributed by atoms with Gasteiger partial charge in [-0.05, 0) is 26.3 Å². The number of urea groups is 1. The molecule has 1 aromatic carbocycles. The largest absolute Gasteiger partial charge is 0.334 e. The quantitative estimate of drug-likeness (QED) is 0.475. The molecule has 0 aromatic heterocycles. The van der Waals surface area contributed by atoms with Crippen LogP contribution in [0, 0.1) is 13.8 Å². The fraction of sp³-hybridized carbons (Fsp3) is 0.333. The van der Waals surface area contributed by atoms with Crippen LogP contribution in [-0.4, -0.2) is 46.5 Å². The Balaban J connectivity index is 2.22. The minimum absolute atomic E-state index is 0.109. The molecule has 1 aromatic rings. The molecule has 0 spiro atoms. The zero-order valence-corrected chi connectivity index (χ0v) is 12.2. The SMILES string of the molecule is CCN1C(=O)C(=O)N(CC(=O)c2ccc(C)cc2C)C1=O. The fourth-order valence-electron chi connectivity index (χ4n) is 2.32. The number of nitrogens with zero attached hydrogens (tertiary/aromatic N) is 2. The average Bonchev–Trinajstić information content (AvgIpc) is 2.62. The minimum Gasteiger partial charge on any atom is -0.292 e. The second kappa shape index (κ2) is 5.47. The van der Waals surface area contributed by atoms with Crippen molar-refractivity contribution in [1.29, 1.82) is 0 Å². The first-order valence-electron chi connectivity index (χ1n) is 6.64. The van der Waals surface area contributed by atoms with Crippen LogP contribution in [0.4, 0.5) is 4.79 Å². The molecule has 0 bridgehead atoms. The molecule has 0 saturated carbocycles. The Labute approximate surface area is 122 Å². The lowest BCUT2D eigenvalue weighted by Gasteiger charge is -2.14. The van der Waals surface area contributed by atoms with E-state index >= 15 is 0 Å². The molecule has 0 aliphatic carbocycles. The van der Waals surface area contributed by atoms with E-state index < -0.39 is 24.4 Å². The monoisotopic (exact) mass is 288 g/mol. The molecule has 2 rings (SSSR count). The van der Waals surface area contributed by atoms with Crippen molar-refractivity contribution in [1.82, 2.24) is 9.80 Å². The van der Waals surface area contributed by atoms with Crippen molar-refractivity contribution in [3.8, 4) is 0 Å². The molecule has 6 nitrogen and oxygen atoms in total. The Morgan fingerprint density at radius 2 is 1.67 bits per heavy atom. The third-order valence-electron chi connectivity index (χ3n) is 3.44. The summed E-state index contributed by atoms with van der Waals surface area (Å²) < 4.78 is 0. The predicted molar refractivity (Wildman–Crippen MR) is 74.7 cm³/mol. The molecular weight excluding hydrogens is 272 g/mol. The van der Waals surface area contributed by atoms with Crippen molar-refractivity contribution < 1.29 is 19.2 Å². The van der Waals surface area contributed by atoms with Crippen molar-refractivity contribution in [3.05, 3.63) is 34.9 Å². The number of Topliss-reactive ketones (excluding diaryl/α,β-unsaturated/α-hetero) is 1. The first-order valence-corrected chi connectivity index (χ1v) is 6.64. The van der Waals surface area contributed by atoms with Crippen LogP contribution >= 0.6 is 0 Å². The molecule has 0 atom stereocenters. The number of rotatable bonds is 4. The van der Waals surface area contributed by atoms with Crippen molar-refractivity contribution in [2.75, 3.05) is 13.1 Å². The van der Waals surface area contributed by atoms with E-state index in [4.69, 9.17) is 0 Å². The van der Waals surface area contributed by atoms with Gasteiger partial charge in [0.2, 0.25) is 0 Å². The van der Waals surface area contributed by atoms with Gasteiger partial charge in [0, 0.05) is 12.1 Å². The first-order chi connectivity index (χ1) is 9.86. The van der Waals surface area contributed by atoms with E-state index in [1.165, 1.54) is 0 Å². The topological polar surface area (TPSA) is 74.8 Å². The van der Waals surface area contributed by atoms with Crippen molar-refractivity contribution in [2.45, 2.75) is 20.8 Å². The highest BCUT2D eigenvalue weighted by Crippen LogP contribution is 2.15. The third-order valence-corrected chi connectivity index (χ3v) is 3.44. The number of hydrogen-bond acceptors (Lipinski definition) is 4. The summed E-state index contributed by atoms with van der Waals surface area (Å²) in [7, 11) is 0. The van der Waals surface area contributed by atoms with Gasteiger partial charge < -0.3 is 0 Å². The van der Waals surface area contributed by atoms with Gasteiger partial charge in [0.25, 0.3) is 0 Å². The lowest BCUT2D eigenvalue weighted by atomic mass is 10.0. The maximum Gasteiger partial charge on any atom is 0.334 e. The number of benzene rings is 1. The number of aryl methyl sites for hydroxylation is 2. The minimum atomic E-state index is -0.944. The summed E-state index contributed by atoms with van der Waals surface area (Å²) >= 11 is 0. The molecule has 6 heteroatoms. The van der Waals surface area contributed by atoms with Crippen LogP contribution in [0.25, 0.3) is 0 Å². The normalized spacial score (nSPS) is 15.1. The van der Waals surface area contributed by atoms with E-state index in [1.54, 1.807) is 26.0 Å². The smallest absolute Gasteiger partial charge is 0.292 e. The lowest BCUT2D eigenvalue weighted by molar-refractivity contribution is -0.143. The van der Waals surface area contributed by atoms with E-state index in [-0.39, 0.29) is 12.3 Å². The van der Waals surface area contributed by atoms with Gasteiger partial charge in [0.1, 0.15) is 0 Å². The van der Waals surface area contributed by atoms with Gasteiger partial charge in [-0.15, -0.1) is 0 Å². The second-order valence-electron chi connectivity index (χ2n) is 4.96. The number of amides is 4. The summed E-state index contributed by atoms with van der Waals surface area (Å²) in [6, 6.07) is 4.57. The van der Waals surface area contributed by atoms with E-state index in [0.717, 1.165) is 16.0 Å². The summed E-state index contributed by atoms with van der Waals surface area (Å²) in [4.78, 5) is 49.0. The first kappa shape index (κ1) is 14.9. The summed E-state index contributed by atoms with van der Waals surface area (Å²) in [5, 5.41) is 0. The Hall–Kier alpha value is -2.50. The van der Waals surface area contributed by atoms with Gasteiger partial charge in [0.05, 0.1) is 6.54 Å². The molecule has 21 heavy (non-hydrogen) atoms. The number of ketones is 1. The van der Waals surface area contributed by atoms with Crippen molar-refractivity contribution >= 4 is 23.6 Å².